The van der Waals surface area contributed by atoms with Gasteiger partial charge in [0.05, 0.1) is 6.61 Å². The number of ketones is 1. The Labute approximate surface area is 150 Å². The Morgan fingerprint density at radius 2 is 1.92 bits per heavy atom. The summed E-state index contributed by atoms with van der Waals surface area (Å²) in [6.07, 6.45) is 9.13. The topological polar surface area (TPSA) is 37.3 Å². The highest BCUT2D eigenvalue weighted by atomic mass is 19.1. The van der Waals surface area contributed by atoms with Crippen molar-refractivity contribution < 1.29 is 14.3 Å². The van der Waals surface area contributed by atoms with E-state index in [9.17, 15) is 14.3 Å². The van der Waals surface area contributed by atoms with Crippen molar-refractivity contribution in [1.29, 1.82) is 0 Å². The molecule has 4 rings (SSSR count). The number of carbonyl (C=O) groups excluding carboxylic acids is 1. The van der Waals surface area contributed by atoms with Gasteiger partial charge in [0, 0.05) is 5.92 Å². The molecule has 0 aliphatic heterocycles. The van der Waals surface area contributed by atoms with Gasteiger partial charge in [-0.15, -0.1) is 0 Å². The van der Waals surface area contributed by atoms with Gasteiger partial charge in [-0.25, -0.2) is 4.39 Å². The van der Waals surface area contributed by atoms with Crippen molar-refractivity contribution in [3.05, 3.63) is 23.0 Å². The molecule has 4 aliphatic carbocycles. The maximum Gasteiger partial charge on any atom is 0.158 e. The molecule has 0 amide bonds. The Morgan fingerprint density at radius 1 is 1.20 bits per heavy atom. The number of aliphatic hydroxyl groups is 1. The summed E-state index contributed by atoms with van der Waals surface area (Å²) in [4.78, 5) is 12.2. The van der Waals surface area contributed by atoms with E-state index in [-0.39, 0.29) is 22.6 Å². The zero-order chi connectivity index (χ0) is 18.0. The number of allylic oxidation sites excluding steroid dienone is 2. The lowest BCUT2D eigenvalue weighted by Gasteiger charge is -2.58. The molecule has 0 aromatic rings. The van der Waals surface area contributed by atoms with Gasteiger partial charge in [-0.2, -0.15) is 0 Å². The van der Waals surface area contributed by atoms with E-state index in [0.29, 0.717) is 23.5 Å². The van der Waals surface area contributed by atoms with Crippen molar-refractivity contribution >= 4 is 5.78 Å². The van der Waals surface area contributed by atoms with Crippen LogP contribution in [0.5, 0.6) is 0 Å². The first-order valence-corrected chi connectivity index (χ1v) is 10.0. The Bertz CT molecular complexity index is 663. The van der Waals surface area contributed by atoms with Crippen LogP contribution in [0.25, 0.3) is 0 Å². The molecule has 3 heteroatoms. The summed E-state index contributed by atoms with van der Waals surface area (Å²) in [6, 6.07) is 0. The van der Waals surface area contributed by atoms with E-state index in [1.165, 1.54) is 5.57 Å². The van der Waals surface area contributed by atoms with E-state index in [1.54, 1.807) is 0 Å². The third-order valence-corrected chi connectivity index (χ3v) is 8.52. The van der Waals surface area contributed by atoms with Crippen molar-refractivity contribution in [2.24, 2.45) is 34.5 Å². The van der Waals surface area contributed by atoms with Crippen LogP contribution in [0.15, 0.2) is 23.0 Å². The molecule has 1 N–H and O–H groups in total. The van der Waals surface area contributed by atoms with E-state index in [4.69, 9.17) is 0 Å². The number of rotatable bonds is 1. The molecular weight excluding hydrogens is 315 g/mol. The van der Waals surface area contributed by atoms with Gasteiger partial charge in [-0.3, -0.25) is 4.79 Å². The van der Waals surface area contributed by atoms with Gasteiger partial charge in [0.15, 0.2) is 5.78 Å². The van der Waals surface area contributed by atoms with Gasteiger partial charge >= 0.3 is 0 Å². The van der Waals surface area contributed by atoms with Crippen LogP contribution in [0.1, 0.15) is 65.7 Å². The molecule has 5 unspecified atom stereocenters. The first kappa shape index (κ1) is 17.5. The van der Waals surface area contributed by atoms with Crippen LogP contribution in [0.3, 0.4) is 0 Å². The van der Waals surface area contributed by atoms with Gasteiger partial charge in [0.2, 0.25) is 0 Å². The van der Waals surface area contributed by atoms with Crippen LogP contribution < -0.4 is 0 Å². The number of hydrogen-bond donors (Lipinski definition) is 1. The Hall–Kier alpha value is -0.960. The molecule has 4 aliphatic rings. The van der Waals surface area contributed by atoms with Gasteiger partial charge in [-0.05, 0) is 85.2 Å². The fourth-order valence-corrected chi connectivity index (χ4v) is 7.25. The molecule has 6 atom stereocenters. The molecule has 0 heterocycles. The lowest BCUT2D eigenvalue weighted by molar-refractivity contribution is -0.121. The smallest absolute Gasteiger partial charge is 0.158 e. The summed E-state index contributed by atoms with van der Waals surface area (Å²) in [5.74, 6) is 1.95. The summed E-state index contributed by atoms with van der Waals surface area (Å²) >= 11 is 0. The van der Waals surface area contributed by atoms with E-state index in [2.05, 4.69) is 20.8 Å². The molecular formula is C22H31FO2. The minimum Gasteiger partial charge on any atom is -0.389 e. The standard InChI is InChI=1S/C22H31FO2/c1-13-11-22(3)14(10-20(13)25)4-5-15-16-6-7-18(19(23)12-24)21(16,2)9-8-17(15)22/h10,13,15-17,24H,4-9,11-12H2,1-3H3/t13-,15?,16?,17?,21?,22?/m1/s1. The highest BCUT2D eigenvalue weighted by Crippen LogP contribution is 2.67. The minimum absolute atomic E-state index is 0.0678. The fourth-order valence-electron chi connectivity index (χ4n) is 7.25. The maximum atomic E-state index is 14.3. The second-order valence-corrected chi connectivity index (χ2v) is 9.55. The SMILES string of the molecule is C[C@@H]1CC2(C)C(=CC1=O)CCC1C2CCC2(C)C(=C(F)CO)CCC12. The third-order valence-electron chi connectivity index (χ3n) is 8.52. The molecule has 3 saturated carbocycles. The average Bonchev–Trinajstić information content (AvgIpc) is 2.93. The molecule has 2 nitrogen and oxygen atoms in total. The highest BCUT2D eigenvalue weighted by molar-refractivity contribution is 5.93. The number of fused-ring (bicyclic) bond motifs is 5. The zero-order valence-electron chi connectivity index (χ0n) is 15.8. The summed E-state index contributed by atoms with van der Waals surface area (Å²) in [5, 5.41) is 9.31. The van der Waals surface area contributed by atoms with Gasteiger partial charge in [0.1, 0.15) is 5.83 Å². The molecule has 138 valence electrons. The van der Waals surface area contributed by atoms with Crippen molar-refractivity contribution in [1.82, 2.24) is 0 Å². The van der Waals surface area contributed by atoms with Crippen molar-refractivity contribution in [3.8, 4) is 0 Å². The van der Waals surface area contributed by atoms with Gasteiger partial charge in [-0.1, -0.05) is 26.3 Å². The normalized spacial score (nSPS) is 48.4. The predicted molar refractivity (Wildman–Crippen MR) is 96.5 cm³/mol. The maximum absolute atomic E-state index is 14.3. The molecule has 0 spiro atoms. The second-order valence-electron chi connectivity index (χ2n) is 9.55. The van der Waals surface area contributed by atoms with Gasteiger partial charge < -0.3 is 5.11 Å². The molecule has 0 aromatic carbocycles. The minimum atomic E-state index is -0.448. The molecule has 0 radical (unpaired) electrons. The van der Waals surface area contributed by atoms with E-state index < -0.39 is 6.61 Å². The Balaban J connectivity index is 1.69. The zero-order valence-corrected chi connectivity index (χ0v) is 15.8. The average molecular weight is 346 g/mol. The predicted octanol–water partition coefficient (Wildman–Crippen LogP) is 4.98. The number of hydrogen-bond acceptors (Lipinski definition) is 2. The van der Waals surface area contributed by atoms with Crippen molar-refractivity contribution in [2.45, 2.75) is 65.7 Å². The molecule has 25 heavy (non-hydrogen) atoms. The molecule has 0 aromatic heterocycles. The first-order valence-electron chi connectivity index (χ1n) is 10.0. The first-order chi connectivity index (χ1) is 11.8. The molecule has 0 bridgehead atoms. The Kier molecular flexibility index (Phi) is 4.03. The fraction of sp³-hybridized carbons (Fsp3) is 0.773. The van der Waals surface area contributed by atoms with Crippen molar-refractivity contribution in [3.63, 3.8) is 0 Å². The van der Waals surface area contributed by atoms with Crippen LogP contribution in [0.2, 0.25) is 0 Å². The van der Waals surface area contributed by atoms with Crippen LogP contribution in [-0.4, -0.2) is 17.5 Å². The Morgan fingerprint density at radius 3 is 2.64 bits per heavy atom. The van der Waals surface area contributed by atoms with Crippen LogP contribution in [0.4, 0.5) is 4.39 Å². The molecule has 3 fully saturated rings. The lowest BCUT2D eigenvalue weighted by atomic mass is 9.46. The van der Waals surface area contributed by atoms with Gasteiger partial charge in [0.25, 0.3) is 0 Å². The number of halogens is 1. The highest BCUT2D eigenvalue weighted by Gasteiger charge is 2.58. The number of aliphatic hydroxyl groups excluding tert-OH is 1. The van der Waals surface area contributed by atoms with Crippen LogP contribution >= 0.6 is 0 Å². The quantitative estimate of drug-likeness (QED) is 0.727. The summed E-state index contributed by atoms with van der Waals surface area (Å²) in [6.45, 7) is 6.26. The van der Waals surface area contributed by atoms with Crippen molar-refractivity contribution in [2.75, 3.05) is 6.61 Å². The number of carbonyl (C=O) groups is 1. The summed E-state index contributed by atoms with van der Waals surface area (Å²) in [7, 11) is 0. The summed E-state index contributed by atoms with van der Waals surface area (Å²) < 4.78 is 14.3. The molecule has 0 saturated heterocycles. The third kappa shape index (κ3) is 2.34. The van der Waals surface area contributed by atoms with E-state index in [1.807, 2.05) is 6.08 Å². The van der Waals surface area contributed by atoms with Crippen LogP contribution in [-0.2, 0) is 4.79 Å². The van der Waals surface area contributed by atoms with E-state index in [0.717, 1.165) is 50.5 Å². The van der Waals surface area contributed by atoms with E-state index >= 15 is 0 Å². The largest absolute Gasteiger partial charge is 0.389 e. The second kappa shape index (κ2) is 5.77. The monoisotopic (exact) mass is 346 g/mol. The van der Waals surface area contributed by atoms with Crippen LogP contribution in [0, 0.1) is 34.5 Å². The lowest BCUT2D eigenvalue weighted by Crippen LogP contribution is -2.50. The summed E-state index contributed by atoms with van der Waals surface area (Å²) in [5.41, 5.74) is 2.37.